The Labute approximate surface area is 194 Å². The van der Waals surface area contributed by atoms with Crippen LogP contribution in [0.3, 0.4) is 0 Å². The highest BCUT2D eigenvalue weighted by Gasteiger charge is 2.41. The second-order valence-corrected chi connectivity index (χ2v) is 9.45. The van der Waals surface area contributed by atoms with Crippen molar-refractivity contribution in [2.24, 2.45) is 0 Å². The summed E-state index contributed by atoms with van der Waals surface area (Å²) in [7, 11) is 1.35. The average Bonchev–Trinajstić information content (AvgIpc) is 3.44. The Kier molecular flexibility index (Phi) is 6.15. The second-order valence-electron chi connectivity index (χ2n) is 9.45. The van der Waals surface area contributed by atoms with Crippen LogP contribution in [0.2, 0.25) is 0 Å². The molecule has 0 saturated carbocycles. The van der Waals surface area contributed by atoms with Crippen molar-refractivity contribution in [2.45, 2.75) is 51.7 Å². The molecule has 1 atom stereocenters. The van der Waals surface area contributed by atoms with E-state index < -0.39 is 23.7 Å². The predicted octanol–water partition coefficient (Wildman–Crippen LogP) is 4.43. The van der Waals surface area contributed by atoms with Crippen molar-refractivity contribution in [3.05, 3.63) is 53.6 Å². The fourth-order valence-corrected chi connectivity index (χ4v) is 4.59. The van der Waals surface area contributed by atoms with Gasteiger partial charge in [0, 0.05) is 18.8 Å². The lowest BCUT2D eigenvalue weighted by atomic mass is 9.95. The summed E-state index contributed by atoms with van der Waals surface area (Å²) in [5, 5.41) is 0. The van der Waals surface area contributed by atoms with Crippen LogP contribution in [0, 0.1) is 0 Å². The summed E-state index contributed by atoms with van der Waals surface area (Å²) >= 11 is 0. The van der Waals surface area contributed by atoms with Crippen molar-refractivity contribution in [2.75, 3.05) is 25.1 Å². The Balaban J connectivity index is 1.69. The van der Waals surface area contributed by atoms with E-state index in [1.807, 2.05) is 57.2 Å². The van der Waals surface area contributed by atoms with Crippen LogP contribution in [-0.4, -0.2) is 54.7 Å². The number of benzene rings is 2. The number of fused-ring (bicyclic) bond motifs is 1. The molecule has 0 N–H and O–H groups in total. The molecule has 33 heavy (non-hydrogen) atoms. The molecule has 0 aromatic heterocycles. The minimum atomic E-state index is -0.631. The summed E-state index contributed by atoms with van der Waals surface area (Å²) in [6.07, 6.45) is 1.54. The van der Waals surface area contributed by atoms with Gasteiger partial charge in [0.05, 0.1) is 12.7 Å². The summed E-state index contributed by atoms with van der Waals surface area (Å²) < 4.78 is 10.5. The molecule has 0 radical (unpaired) electrons. The average molecular weight is 451 g/mol. The van der Waals surface area contributed by atoms with Crippen molar-refractivity contribution in [1.29, 1.82) is 0 Å². The van der Waals surface area contributed by atoms with Gasteiger partial charge in [0.1, 0.15) is 11.6 Å². The van der Waals surface area contributed by atoms with Crippen molar-refractivity contribution >= 4 is 23.7 Å². The van der Waals surface area contributed by atoms with Crippen molar-refractivity contribution < 1.29 is 23.9 Å². The summed E-state index contributed by atoms with van der Waals surface area (Å²) in [6, 6.07) is 12.8. The molecule has 2 heterocycles. The van der Waals surface area contributed by atoms with Gasteiger partial charge >= 0.3 is 12.1 Å². The molecule has 2 aromatic carbocycles. The van der Waals surface area contributed by atoms with Gasteiger partial charge in [-0.05, 0) is 68.9 Å². The van der Waals surface area contributed by atoms with Crippen LogP contribution in [0.25, 0.3) is 11.1 Å². The highest BCUT2D eigenvalue weighted by molar-refractivity contribution is 6.03. The van der Waals surface area contributed by atoms with Gasteiger partial charge in [-0.2, -0.15) is 0 Å². The van der Waals surface area contributed by atoms with Gasteiger partial charge in [0.15, 0.2) is 0 Å². The smallest absolute Gasteiger partial charge is 0.410 e. The number of likely N-dealkylation sites (tertiary alicyclic amines) is 1. The van der Waals surface area contributed by atoms with E-state index in [1.54, 1.807) is 11.0 Å². The van der Waals surface area contributed by atoms with Gasteiger partial charge < -0.3 is 14.4 Å². The normalized spacial score (nSPS) is 17.6. The van der Waals surface area contributed by atoms with Crippen LogP contribution < -0.4 is 4.90 Å². The second kappa shape index (κ2) is 8.89. The standard InChI is InChI=1S/C26H30N2O5/c1-26(2,3)33-25(31)28-13-8-11-21(28)23(29)27-14-12-19-20(17-9-6-5-7-10-17)15-18(16-22(19)27)24(30)32-4/h5-7,9-10,15-16,21H,8,11-14H2,1-4H3. The Morgan fingerprint density at radius 1 is 1.03 bits per heavy atom. The first-order chi connectivity index (χ1) is 15.7. The van der Waals surface area contributed by atoms with Crippen LogP contribution in [0.15, 0.2) is 42.5 Å². The maximum absolute atomic E-state index is 13.6. The molecule has 2 aliphatic rings. The van der Waals surface area contributed by atoms with E-state index in [-0.39, 0.29) is 5.91 Å². The molecule has 1 saturated heterocycles. The van der Waals surface area contributed by atoms with E-state index in [0.29, 0.717) is 37.2 Å². The van der Waals surface area contributed by atoms with E-state index >= 15 is 0 Å². The summed E-state index contributed by atoms with van der Waals surface area (Å²) in [4.78, 5) is 42.0. The molecule has 4 rings (SSSR count). The third-order valence-corrected chi connectivity index (χ3v) is 6.04. The Morgan fingerprint density at radius 3 is 2.42 bits per heavy atom. The Bertz CT molecular complexity index is 1070. The highest BCUT2D eigenvalue weighted by Crippen LogP contribution is 2.39. The van der Waals surface area contributed by atoms with Gasteiger partial charge in [0.2, 0.25) is 5.91 Å². The largest absolute Gasteiger partial charge is 0.465 e. The lowest BCUT2D eigenvalue weighted by Gasteiger charge is -2.30. The van der Waals surface area contributed by atoms with Crippen molar-refractivity contribution in [3.8, 4) is 11.1 Å². The van der Waals surface area contributed by atoms with Crippen molar-refractivity contribution in [3.63, 3.8) is 0 Å². The molecule has 1 fully saturated rings. The molecular formula is C26H30N2O5. The van der Waals surface area contributed by atoms with Gasteiger partial charge in [-0.15, -0.1) is 0 Å². The topological polar surface area (TPSA) is 76.2 Å². The molecular weight excluding hydrogens is 420 g/mol. The fourth-order valence-electron chi connectivity index (χ4n) is 4.59. The number of hydrogen-bond donors (Lipinski definition) is 0. The predicted molar refractivity (Wildman–Crippen MR) is 125 cm³/mol. The lowest BCUT2D eigenvalue weighted by Crippen LogP contribution is -2.48. The van der Waals surface area contributed by atoms with Gasteiger partial charge in [0.25, 0.3) is 0 Å². The van der Waals surface area contributed by atoms with Crippen LogP contribution in [-0.2, 0) is 20.7 Å². The maximum atomic E-state index is 13.6. The summed E-state index contributed by atoms with van der Waals surface area (Å²) in [5.41, 5.74) is 3.38. The van der Waals surface area contributed by atoms with E-state index in [9.17, 15) is 14.4 Å². The summed E-state index contributed by atoms with van der Waals surface area (Å²) in [5.74, 6) is -0.594. The number of rotatable bonds is 3. The van der Waals surface area contributed by atoms with Gasteiger partial charge in [-0.1, -0.05) is 30.3 Å². The Morgan fingerprint density at radius 2 is 1.76 bits per heavy atom. The first-order valence-corrected chi connectivity index (χ1v) is 11.3. The minimum Gasteiger partial charge on any atom is -0.465 e. The quantitative estimate of drug-likeness (QED) is 0.647. The Hall–Kier alpha value is -3.35. The highest BCUT2D eigenvalue weighted by atomic mass is 16.6. The van der Waals surface area contributed by atoms with E-state index in [1.165, 1.54) is 12.0 Å². The van der Waals surface area contributed by atoms with Crippen LogP contribution in [0.1, 0.15) is 49.5 Å². The number of carbonyl (C=O) groups is 3. The van der Waals surface area contributed by atoms with Crippen LogP contribution in [0.4, 0.5) is 10.5 Å². The maximum Gasteiger partial charge on any atom is 0.410 e. The third kappa shape index (κ3) is 4.58. The molecule has 0 spiro atoms. The minimum absolute atomic E-state index is 0.141. The molecule has 174 valence electrons. The first kappa shape index (κ1) is 22.8. The molecule has 0 aliphatic carbocycles. The van der Waals surface area contributed by atoms with Gasteiger partial charge in [-0.25, -0.2) is 9.59 Å². The SMILES string of the molecule is COC(=O)c1cc(-c2ccccc2)c2c(c1)N(C(=O)C1CCCN1C(=O)OC(C)(C)C)CC2. The molecule has 7 heteroatoms. The third-order valence-electron chi connectivity index (χ3n) is 6.04. The molecule has 2 aliphatic heterocycles. The number of methoxy groups -OCH3 is 1. The summed E-state index contributed by atoms with van der Waals surface area (Å²) in [6.45, 7) is 6.43. The molecule has 0 bridgehead atoms. The zero-order valence-electron chi connectivity index (χ0n) is 19.6. The number of ether oxygens (including phenoxy) is 2. The molecule has 2 amide bonds. The number of nitrogens with zero attached hydrogens (tertiary/aromatic N) is 2. The van der Waals surface area contributed by atoms with Crippen LogP contribution in [0.5, 0.6) is 0 Å². The lowest BCUT2D eigenvalue weighted by molar-refractivity contribution is -0.122. The number of hydrogen-bond acceptors (Lipinski definition) is 5. The number of anilines is 1. The fraction of sp³-hybridized carbons (Fsp3) is 0.423. The van der Waals surface area contributed by atoms with Crippen LogP contribution >= 0.6 is 0 Å². The number of amides is 2. The van der Waals surface area contributed by atoms with E-state index in [2.05, 4.69) is 0 Å². The monoisotopic (exact) mass is 450 g/mol. The zero-order valence-corrected chi connectivity index (χ0v) is 19.6. The number of carbonyl (C=O) groups excluding carboxylic acids is 3. The first-order valence-electron chi connectivity index (χ1n) is 11.3. The molecule has 2 aromatic rings. The number of esters is 1. The van der Waals surface area contributed by atoms with Crippen molar-refractivity contribution in [1.82, 2.24) is 4.90 Å². The van der Waals surface area contributed by atoms with Gasteiger partial charge in [-0.3, -0.25) is 9.69 Å². The van der Waals surface area contributed by atoms with E-state index in [4.69, 9.17) is 9.47 Å². The molecule has 1 unspecified atom stereocenters. The van der Waals surface area contributed by atoms with E-state index in [0.717, 1.165) is 23.1 Å². The molecule has 7 nitrogen and oxygen atoms in total. The zero-order chi connectivity index (χ0) is 23.8.